The highest BCUT2D eigenvalue weighted by molar-refractivity contribution is 5.48. The van der Waals surface area contributed by atoms with Gasteiger partial charge in [-0.1, -0.05) is 6.07 Å². The Balaban J connectivity index is 1.51. The zero-order valence-electron chi connectivity index (χ0n) is 14.4. The number of piperidine rings is 1. The molecule has 0 aliphatic carbocycles. The molecule has 1 aliphatic heterocycles. The average molecular weight is 334 g/mol. The Labute approximate surface area is 147 Å². The monoisotopic (exact) mass is 334 g/mol. The second-order valence-electron chi connectivity index (χ2n) is 6.63. The number of aryl methyl sites for hydroxylation is 1. The van der Waals surface area contributed by atoms with Crippen molar-refractivity contribution in [2.75, 3.05) is 13.1 Å². The normalized spacial score (nSPS) is 18.4. The van der Waals surface area contributed by atoms with E-state index in [1.165, 1.54) is 12.0 Å². The molecule has 0 radical (unpaired) electrons. The second-order valence-corrected chi connectivity index (χ2v) is 6.63. The van der Waals surface area contributed by atoms with Gasteiger partial charge in [0.1, 0.15) is 5.69 Å². The number of imidazole rings is 1. The van der Waals surface area contributed by atoms with E-state index >= 15 is 0 Å². The number of hydrogen-bond acceptors (Lipinski definition) is 5. The first kappa shape index (κ1) is 15.9. The quantitative estimate of drug-likeness (QED) is 0.734. The van der Waals surface area contributed by atoms with Crippen LogP contribution in [0.25, 0.3) is 11.5 Å². The molecule has 3 aromatic heterocycles. The molecule has 0 aromatic carbocycles. The van der Waals surface area contributed by atoms with Gasteiger partial charge in [-0.25, -0.2) is 9.97 Å². The first-order chi connectivity index (χ1) is 12.3. The molecule has 0 N–H and O–H groups in total. The predicted molar refractivity (Wildman–Crippen MR) is 95.7 cm³/mol. The van der Waals surface area contributed by atoms with Gasteiger partial charge in [0.25, 0.3) is 0 Å². The van der Waals surface area contributed by atoms with Crippen molar-refractivity contribution in [1.29, 1.82) is 0 Å². The Hall–Kier alpha value is -2.60. The van der Waals surface area contributed by atoms with Crippen molar-refractivity contribution in [3.63, 3.8) is 0 Å². The molecule has 1 fully saturated rings. The third-order valence-corrected chi connectivity index (χ3v) is 4.76. The molecule has 4 rings (SSSR count). The summed E-state index contributed by atoms with van der Waals surface area (Å²) in [6.45, 7) is 3.07. The Bertz CT molecular complexity index is 829. The molecule has 0 bridgehead atoms. The minimum atomic E-state index is 0.415. The molecular weight excluding hydrogens is 312 g/mol. The molecular formula is C19H22N6. The minimum Gasteiger partial charge on any atom is -0.333 e. The highest BCUT2D eigenvalue weighted by atomic mass is 15.1. The van der Waals surface area contributed by atoms with Crippen molar-refractivity contribution in [2.24, 2.45) is 7.05 Å². The van der Waals surface area contributed by atoms with Gasteiger partial charge < -0.3 is 4.57 Å². The summed E-state index contributed by atoms with van der Waals surface area (Å²) in [5.74, 6) is 1.27. The van der Waals surface area contributed by atoms with Gasteiger partial charge in [0.15, 0.2) is 5.82 Å². The highest BCUT2D eigenvalue weighted by Crippen LogP contribution is 2.27. The maximum absolute atomic E-state index is 4.86. The topological polar surface area (TPSA) is 59.7 Å². The fourth-order valence-corrected chi connectivity index (χ4v) is 3.49. The van der Waals surface area contributed by atoms with Crippen LogP contribution in [0.5, 0.6) is 0 Å². The Kier molecular flexibility index (Phi) is 4.52. The lowest BCUT2D eigenvalue weighted by molar-refractivity contribution is 0.198. The van der Waals surface area contributed by atoms with Crippen LogP contribution in [-0.4, -0.2) is 42.5 Å². The standard InChI is InChI=1S/C19H22N6/c1-24-9-7-22-19(24)18-12-21-11-17(23-18)16-5-3-8-25(14-16)13-15-4-2-6-20-10-15/h2,4,6-7,9-12,16H,3,5,8,13-14H2,1H3/t16-/m1/s1. The van der Waals surface area contributed by atoms with Crippen LogP contribution in [0.4, 0.5) is 0 Å². The molecule has 0 saturated carbocycles. The minimum absolute atomic E-state index is 0.415. The smallest absolute Gasteiger partial charge is 0.159 e. The number of likely N-dealkylation sites (tertiary alicyclic amines) is 1. The van der Waals surface area contributed by atoms with E-state index in [4.69, 9.17) is 4.98 Å². The number of pyridine rings is 1. The fourth-order valence-electron chi connectivity index (χ4n) is 3.49. The predicted octanol–water partition coefficient (Wildman–Crippen LogP) is 2.65. The number of hydrogen-bond donors (Lipinski definition) is 0. The van der Waals surface area contributed by atoms with Gasteiger partial charge in [-0.15, -0.1) is 0 Å². The van der Waals surface area contributed by atoms with Gasteiger partial charge in [0, 0.05) is 57.0 Å². The van der Waals surface area contributed by atoms with Gasteiger partial charge in [-0.3, -0.25) is 14.9 Å². The van der Waals surface area contributed by atoms with Crippen LogP contribution >= 0.6 is 0 Å². The molecule has 0 unspecified atom stereocenters. The Morgan fingerprint density at radius 3 is 2.92 bits per heavy atom. The Morgan fingerprint density at radius 2 is 2.12 bits per heavy atom. The second kappa shape index (κ2) is 7.11. The van der Waals surface area contributed by atoms with E-state index < -0.39 is 0 Å². The molecule has 1 saturated heterocycles. The van der Waals surface area contributed by atoms with Crippen molar-refractivity contribution >= 4 is 0 Å². The van der Waals surface area contributed by atoms with E-state index in [2.05, 4.69) is 25.9 Å². The first-order valence-corrected chi connectivity index (χ1v) is 8.70. The SMILES string of the molecule is Cn1ccnc1-c1cncc([C@@H]2CCCN(Cc3cccnc3)C2)n1. The molecule has 6 heteroatoms. The van der Waals surface area contributed by atoms with Gasteiger partial charge in [0.05, 0.1) is 11.9 Å². The van der Waals surface area contributed by atoms with Crippen LogP contribution < -0.4 is 0 Å². The third-order valence-electron chi connectivity index (χ3n) is 4.76. The lowest BCUT2D eigenvalue weighted by Gasteiger charge is -2.32. The lowest BCUT2D eigenvalue weighted by atomic mass is 9.94. The van der Waals surface area contributed by atoms with Crippen LogP contribution in [0.15, 0.2) is 49.3 Å². The van der Waals surface area contributed by atoms with Gasteiger partial charge in [0.2, 0.25) is 0 Å². The highest BCUT2D eigenvalue weighted by Gasteiger charge is 2.23. The van der Waals surface area contributed by atoms with Crippen LogP contribution in [0.2, 0.25) is 0 Å². The van der Waals surface area contributed by atoms with Gasteiger partial charge >= 0.3 is 0 Å². The van der Waals surface area contributed by atoms with E-state index in [1.807, 2.05) is 42.5 Å². The number of aromatic nitrogens is 5. The molecule has 3 aromatic rings. The lowest BCUT2D eigenvalue weighted by Crippen LogP contribution is -2.34. The zero-order chi connectivity index (χ0) is 17.1. The van der Waals surface area contributed by atoms with E-state index in [1.54, 1.807) is 12.4 Å². The third kappa shape index (κ3) is 3.58. The van der Waals surface area contributed by atoms with Crippen molar-refractivity contribution in [3.05, 3.63) is 60.6 Å². The molecule has 25 heavy (non-hydrogen) atoms. The molecule has 1 atom stereocenters. The molecule has 1 aliphatic rings. The van der Waals surface area contributed by atoms with Gasteiger partial charge in [-0.05, 0) is 31.0 Å². The van der Waals surface area contributed by atoms with Crippen molar-refractivity contribution in [3.8, 4) is 11.5 Å². The van der Waals surface area contributed by atoms with E-state index in [9.17, 15) is 0 Å². The van der Waals surface area contributed by atoms with Crippen LogP contribution in [0, 0.1) is 0 Å². The van der Waals surface area contributed by atoms with Crippen molar-refractivity contribution < 1.29 is 0 Å². The Morgan fingerprint density at radius 1 is 1.16 bits per heavy atom. The summed E-state index contributed by atoms with van der Waals surface area (Å²) in [6, 6.07) is 4.14. The summed E-state index contributed by atoms with van der Waals surface area (Å²) in [7, 11) is 1.98. The van der Waals surface area contributed by atoms with E-state index in [0.717, 1.165) is 43.3 Å². The summed E-state index contributed by atoms with van der Waals surface area (Å²) in [5, 5.41) is 0. The van der Waals surface area contributed by atoms with Crippen molar-refractivity contribution in [1.82, 2.24) is 29.4 Å². The van der Waals surface area contributed by atoms with Crippen LogP contribution in [0.1, 0.15) is 30.0 Å². The number of nitrogens with zero attached hydrogens (tertiary/aromatic N) is 6. The molecule has 0 spiro atoms. The maximum atomic E-state index is 4.86. The summed E-state index contributed by atoms with van der Waals surface area (Å²) in [6.07, 6.45) is 13.5. The molecule has 0 amide bonds. The van der Waals surface area contributed by atoms with E-state index in [-0.39, 0.29) is 0 Å². The maximum Gasteiger partial charge on any atom is 0.159 e. The number of rotatable bonds is 4. The first-order valence-electron chi connectivity index (χ1n) is 8.70. The van der Waals surface area contributed by atoms with Crippen LogP contribution in [-0.2, 0) is 13.6 Å². The largest absolute Gasteiger partial charge is 0.333 e. The molecule has 128 valence electrons. The summed E-state index contributed by atoms with van der Waals surface area (Å²) < 4.78 is 1.98. The van der Waals surface area contributed by atoms with Gasteiger partial charge in [-0.2, -0.15) is 0 Å². The summed E-state index contributed by atoms with van der Waals surface area (Å²) >= 11 is 0. The fraction of sp³-hybridized carbons (Fsp3) is 0.368. The van der Waals surface area contributed by atoms with Crippen molar-refractivity contribution in [2.45, 2.75) is 25.3 Å². The molecule has 4 heterocycles. The molecule has 6 nitrogen and oxygen atoms in total. The van der Waals surface area contributed by atoms with Crippen LogP contribution in [0.3, 0.4) is 0 Å². The summed E-state index contributed by atoms with van der Waals surface area (Å²) in [5.41, 5.74) is 3.17. The summed E-state index contributed by atoms with van der Waals surface area (Å²) in [4.78, 5) is 20.4. The zero-order valence-corrected chi connectivity index (χ0v) is 14.4. The van der Waals surface area contributed by atoms with E-state index in [0.29, 0.717) is 5.92 Å². The average Bonchev–Trinajstić information content (AvgIpc) is 3.09.